The molecule has 0 aliphatic carbocycles. The first-order valence-corrected chi connectivity index (χ1v) is 10.6. The minimum Gasteiger partial charge on any atom is -0.379 e. The largest absolute Gasteiger partial charge is 0.379 e. The molecule has 1 N–H and O–H groups in total. The van der Waals surface area contributed by atoms with E-state index in [2.05, 4.69) is 75.8 Å². The molecule has 0 bridgehead atoms. The summed E-state index contributed by atoms with van der Waals surface area (Å²) in [5.41, 5.74) is 2.72. The van der Waals surface area contributed by atoms with Gasteiger partial charge in [-0.2, -0.15) is 0 Å². The third-order valence-electron chi connectivity index (χ3n) is 5.38. The molecule has 0 saturated carbocycles. The van der Waals surface area contributed by atoms with Gasteiger partial charge >= 0.3 is 0 Å². The first-order chi connectivity index (χ1) is 13.8. The number of rotatable bonds is 8. The summed E-state index contributed by atoms with van der Waals surface area (Å²) < 4.78 is 5.46. The third-order valence-corrected chi connectivity index (χ3v) is 5.84. The third kappa shape index (κ3) is 6.03. The standard InChI is InChI=1S/C23H31N3OS/c1-24-23(28)26(15-14-25-16-18-27-19-17-25)13-12-22(20-8-4-2-5-9-20)21-10-6-3-7-11-21/h2-11,22H,12-19H2,1H3,(H,24,28). The van der Waals surface area contributed by atoms with Crippen molar-refractivity contribution in [1.82, 2.24) is 15.1 Å². The molecule has 0 spiro atoms. The molecule has 1 fully saturated rings. The van der Waals surface area contributed by atoms with Crippen LogP contribution >= 0.6 is 12.2 Å². The van der Waals surface area contributed by atoms with Gasteiger partial charge < -0.3 is 15.0 Å². The van der Waals surface area contributed by atoms with E-state index in [1.165, 1.54) is 11.1 Å². The van der Waals surface area contributed by atoms with Crippen LogP contribution in [0.1, 0.15) is 23.5 Å². The highest BCUT2D eigenvalue weighted by Gasteiger charge is 2.18. The number of hydrogen-bond acceptors (Lipinski definition) is 3. The Bertz CT molecular complexity index is 665. The van der Waals surface area contributed by atoms with Crippen LogP contribution in [0.3, 0.4) is 0 Å². The van der Waals surface area contributed by atoms with E-state index in [0.717, 1.165) is 57.5 Å². The van der Waals surface area contributed by atoms with E-state index in [9.17, 15) is 0 Å². The molecular weight excluding hydrogens is 366 g/mol. The topological polar surface area (TPSA) is 27.7 Å². The molecule has 1 heterocycles. The van der Waals surface area contributed by atoms with Gasteiger partial charge in [-0.15, -0.1) is 0 Å². The Morgan fingerprint density at radius 1 is 1.00 bits per heavy atom. The summed E-state index contributed by atoms with van der Waals surface area (Å²) in [5.74, 6) is 0.368. The van der Waals surface area contributed by atoms with Crippen molar-refractivity contribution in [3.8, 4) is 0 Å². The average molecular weight is 398 g/mol. The first kappa shape index (κ1) is 20.8. The maximum absolute atomic E-state index is 5.60. The zero-order valence-electron chi connectivity index (χ0n) is 16.7. The van der Waals surface area contributed by atoms with Crippen LogP contribution in [0, 0.1) is 0 Å². The van der Waals surface area contributed by atoms with Crippen molar-refractivity contribution in [2.75, 3.05) is 53.0 Å². The van der Waals surface area contributed by atoms with Gasteiger partial charge in [0.05, 0.1) is 13.2 Å². The van der Waals surface area contributed by atoms with Crippen molar-refractivity contribution in [3.05, 3.63) is 71.8 Å². The monoisotopic (exact) mass is 397 g/mol. The Kier molecular flexibility index (Phi) is 8.27. The van der Waals surface area contributed by atoms with E-state index in [1.807, 2.05) is 7.05 Å². The molecule has 0 unspecified atom stereocenters. The van der Waals surface area contributed by atoms with E-state index in [0.29, 0.717) is 5.92 Å². The molecule has 2 aromatic rings. The molecule has 0 atom stereocenters. The van der Waals surface area contributed by atoms with Crippen LogP contribution in [0.25, 0.3) is 0 Å². The second kappa shape index (κ2) is 11.1. The fourth-order valence-electron chi connectivity index (χ4n) is 3.74. The van der Waals surface area contributed by atoms with Gasteiger partial charge in [-0.1, -0.05) is 60.7 Å². The lowest BCUT2D eigenvalue weighted by molar-refractivity contribution is 0.0358. The van der Waals surface area contributed by atoms with Crippen LogP contribution in [0.15, 0.2) is 60.7 Å². The molecule has 3 rings (SSSR count). The minimum atomic E-state index is 0.368. The molecule has 28 heavy (non-hydrogen) atoms. The zero-order chi connectivity index (χ0) is 19.6. The number of benzene rings is 2. The van der Waals surface area contributed by atoms with Gasteiger partial charge in [-0.25, -0.2) is 0 Å². The lowest BCUT2D eigenvalue weighted by atomic mass is 9.88. The number of nitrogens with one attached hydrogen (secondary N) is 1. The minimum absolute atomic E-state index is 0.368. The highest BCUT2D eigenvalue weighted by Crippen LogP contribution is 2.28. The lowest BCUT2D eigenvalue weighted by Crippen LogP contribution is -2.45. The van der Waals surface area contributed by atoms with Gasteiger partial charge in [0, 0.05) is 45.7 Å². The number of hydrogen-bond donors (Lipinski definition) is 1. The van der Waals surface area contributed by atoms with E-state index in [4.69, 9.17) is 17.0 Å². The second-order valence-electron chi connectivity index (χ2n) is 7.16. The van der Waals surface area contributed by atoms with Crippen LogP contribution < -0.4 is 5.32 Å². The van der Waals surface area contributed by atoms with Crippen LogP contribution in [-0.4, -0.2) is 67.9 Å². The molecule has 2 aromatic carbocycles. The highest BCUT2D eigenvalue weighted by atomic mass is 32.1. The van der Waals surface area contributed by atoms with E-state index in [-0.39, 0.29) is 0 Å². The molecule has 0 radical (unpaired) electrons. The summed E-state index contributed by atoms with van der Waals surface area (Å²) in [6.07, 6.45) is 1.03. The van der Waals surface area contributed by atoms with Crippen molar-refractivity contribution in [1.29, 1.82) is 0 Å². The maximum atomic E-state index is 5.60. The van der Waals surface area contributed by atoms with E-state index >= 15 is 0 Å². The van der Waals surface area contributed by atoms with E-state index < -0.39 is 0 Å². The predicted octanol–water partition coefficient (Wildman–Crippen LogP) is 3.35. The molecule has 4 nitrogen and oxygen atoms in total. The maximum Gasteiger partial charge on any atom is 0.168 e. The summed E-state index contributed by atoms with van der Waals surface area (Å²) >= 11 is 5.60. The number of ether oxygens (including phenoxy) is 1. The van der Waals surface area contributed by atoms with Crippen molar-refractivity contribution >= 4 is 17.3 Å². The summed E-state index contributed by atoms with van der Waals surface area (Å²) in [6.45, 7) is 6.58. The fourth-order valence-corrected chi connectivity index (χ4v) is 3.92. The van der Waals surface area contributed by atoms with Gasteiger partial charge in [0.2, 0.25) is 0 Å². The van der Waals surface area contributed by atoms with E-state index in [1.54, 1.807) is 0 Å². The Balaban J connectivity index is 1.66. The van der Waals surface area contributed by atoms with Crippen LogP contribution in [0.5, 0.6) is 0 Å². The molecule has 150 valence electrons. The van der Waals surface area contributed by atoms with Gasteiger partial charge in [0.15, 0.2) is 5.11 Å². The van der Waals surface area contributed by atoms with Crippen LogP contribution in [-0.2, 0) is 4.74 Å². The molecule has 0 aromatic heterocycles. The lowest BCUT2D eigenvalue weighted by Gasteiger charge is -2.32. The molecule has 0 amide bonds. The Labute approximate surface area is 174 Å². The Morgan fingerprint density at radius 2 is 1.57 bits per heavy atom. The van der Waals surface area contributed by atoms with Gasteiger partial charge in [0.1, 0.15) is 0 Å². The molecular formula is C23H31N3OS. The van der Waals surface area contributed by atoms with Crippen LogP contribution in [0.4, 0.5) is 0 Å². The summed E-state index contributed by atoms with van der Waals surface area (Å²) in [4.78, 5) is 4.77. The number of thiocarbonyl (C=S) groups is 1. The zero-order valence-corrected chi connectivity index (χ0v) is 17.5. The summed E-state index contributed by atoms with van der Waals surface area (Å²) in [6, 6.07) is 21.6. The normalized spacial score (nSPS) is 14.8. The first-order valence-electron chi connectivity index (χ1n) is 10.1. The number of nitrogens with zero attached hydrogens (tertiary/aromatic N) is 2. The quantitative estimate of drug-likeness (QED) is 0.690. The molecule has 1 saturated heterocycles. The SMILES string of the molecule is CNC(=S)N(CCC(c1ccccc1)c1ccccc1)CCN1CCOCC1. The van der Waals surface area contributed by atoms with Crippen molar-refractivity contribution in [3.63, 3.8) is 0 Å². The van der Waals surface area contributed by atoms with Crippen molar-refractivity contribution in [2.45, 2.75) is 12.3 Å². The Hall–Kier alpha value is -1.95. The fraction of sp³-hybridized carbons (Fsp3) is 0.435. The van der Waals surface area contributed by atoms with Gasteiger partial charge in [-0.05, 0) is 29.8 Å². The summed E-state index contributed by atoms with van der Waals surface area (Å²) in [7, 11) is 1.91. The average Bonchev–Trinajstić information content (AvgIpc) is 2.77. The van der Waals surface area contributed by atoms with Gasteiger partial charge in [0.25, 0.3) is 0 Å². The summed E-state index contributed by atoms with van der Waals surface area (Å²) in [5, 5.41) is 4.00. The number of morpholine rings is 1. The molecule has 1 aliphatic heterocycles. The smallest absolute Gasteiger partial charge is 0.168 e. The van der Waals surface area contributed by atoms with Gasteiger partial charge in [-0.3, -0.25) is 4.90 Å². The predicted molar refractivity (Wildman–Crippen MR) is 120 cm³/mol. The molecule has 5 heteroatoms. The Morgan fingerprint density at radius 3 is 2.11 bits per heavy atom. The second-order valence-corrected chi connectivity index (χ2v) is 7.55. The molecule has 1 aliphatic rings. The van der Waals surface area contributed by atoms with Crippen molar-refractivity contribution in [2.24, 2.45) is 0 Å². The highest BCUT2D eigenvalue weighted by molar-refractivity contribution is 7.80. The van der Waals surface area contributed by atoms with Crippen LogP contribution in [0.2, 0.25) is 0 Å². The van der Waals surface area contributed by atoms with Crippen molar-refractivity contribution < 1.29 is 4.74 Å².